The molecule has 0 amide bonds. The molecule has 0 aromatic heterocycles. The molecule has 1 heterocycles. The largest absolute Gasteiger partial charge is 0.483 e. The number of rotatable bonds is 2. The molecule has 4 nitrogen and oxygen atoms in total. The van der Waals surface area contributed by atoms with E-state index in [0.717, 1.165) is 26.2 Å². The lowest BCUT2D eigenvalue weighted by Gasteiger charge is -1.93. The zero-order valence-electron chi connectivity index (χ0n) is 10.0. The summed E-state index contributed by atoms with van der Waals surface area (Å²) in [5.41, 5.74) is 6.68. The molecule has 0 saturated carbocycles. The summed E-state index contributed by atoms with van der Waals surface area (Å²) in [6, 6.07) is 10.3. The van der Waals surface area contributed by atoms with Gasteiger partial charge in [-0.2, -0.15) is 0 Å². The predicted molar refractivity (Wildman–Crippen MR) is 67.9 cm³/mol. The Hall–Kier alpha value is -1.39. The summed E-state index contributed by atoms with van der Waals surface area (Å²) < 4.78 is 4.94. The van der Waals surface area contributed by atoms with Crippen LogP contribution in [0.3, 0.4) is 0 Å². The third-order valence-electron chi connectivity index (χ3n) is 2.10. The summed E-state index contributed by atoms with van der Waals surface area (Å²) in [4.78, 5) is 8.36. The summed E-state index contributed by atoms with van der Waals surface area (Å²) in [5, 5.41) is 6.89. The summed E-state index contributed by atoms with van der Waals surface area (Å²) >= 11 is 0. The number of ether oxygens (including phenoxy) is 1. The molecule has 1 fully saturated rings. The topological polar surface area (TPSA) is 72.5 Å². The SMILES string of the molecule is C1CCOC1.NCCc1ccccc1.O=CO. The highest BCUT2D eigenvalue weighted by Crippen LogP contribution is 1.98. The van der Waals surface area contributed by atoms with Gasteiger partial charge in [0.2, 0.25) is 0 Å². The molecule has 96 valence electrons. The monoisotopic (exact) mass is 239 g/mol. The molecule has 0 radical (unpaired) electrons. The number of nitrogens with two attached hydrogens (primary N) is 1. The average Bonchev–Trinajstić information content (AvgIpc) is 2.90. The van der Waals surface area contributed by atoms with Gasteiger partial charge in [-0.3, -0.25) is 4.79 Å². The Morgan fingerprint density at radius 3 is 2.12 bits per heavy atom. The molecule has 1 aliphatic rings. The molecule has 0 spiro atoms. The van der Waals surface area contributed by atoms with Gasteiger partial charge in [0.1, 0.15) is 0 Å². The van der Waals surface area contributed by atoms with Crippen LogP contribution >= 0.6 is 0 Å². The van der Waals surface area contributed by atoms with Crippen molar-refractivity contribution < 1.29 is 14.6 Å². The molecule has 0 atom stereocenters. The second kappa shape index (κ2) is 12.7. The Kier molecular flexibility index (Phi) is 11.6. The van der Waals surface area contributed by atoms with Gasteiger partial charge in [-0.15, -0.1) is 0 Å². The maximum Gasteiger partial charge on any atom is 0.290 e. The van der Waals surface area contributed by atoms with Gasteiger partial charge >= 0.3 is 0 Å². The van der Waals surface area contributed by atoms with Crippen LogP contribution in [0.25, 0.3) is 0 Å². The Bertz CT molecular complexity index is 253. The predicted octanol–water partition coefficient (Wildman–Crippen LogP) is 1.69. The molecule has 0 bridgehead atoms. The van der Waals surface area contributed by atoms with Crippen molar-refractivity contribution >= 4 is 6.47 Å². The Labute approximate surface area is 102 Å². The van der Waals surface area contributed by atoms with Gasteiger partial charge in [0, 0.05) is 13.2 Å². The van der Waals surface area contributed by atoms with Gasteiger partial charge in [-0.1, -0.05) is 30.3 Å². The minimum atomic E-state index is -0.250. The molecule has 2 rings (SSSR count). The fraction of sp³-hybridized carbons (Fsp3) is 0.462. The van der Waals surface area contributed by atoms with E-state index >= 15 is 0 Å². The van der Waals surface area contributed by atoms with E-state index in [9.17, 15) is 0 Å². The van der Waals surface area contributed by atoms with Crippen molar-refractivity contribution in [3.63, 3.8) is 0 Å². The van der Waals surface area contributed by atoms with E-state index in [4.69, 9.17) is 20.4 Å². The molecular weight excluding hydrogens is 218 g/mol. The van der Waals surface area contributed by atoms with E-state index in [1.165, 1.54) is 18.4 Å². The summed E-state index contributed by atoms with van der Waals surface area (Å²) in [7, 11) is 0. The molecule has 4 heteroatoms. The Morgan fingerprint density at radius 1 is 1.24 bits per heavy atom. The van der Waals surface area contributed by atoms with E-state index in [0.29, 0.717) is 0 Å². The minimum Gasteiger partial charge on any atom is -0.483 e. The van der Waals surface area contributed by atoms with Gasteiger partial charge in [-0.25, -0.2) is 0 Å². The lowest BCUT2D eigenvalue weighted by molar-refractivity contribution is -0.122. The van der Waals surface area contributed by atoms with Crippen molar-refractivity contribution in [1.82, 2.24) is 0 Å². The second-order valence-electron chi connectivity index (χ2n) is 3.45. The van der Waals surface area contributed by atoms with Crippen molar-refractivity contribution in [2.45, 2.75) is 19.3 Å². The standard InChI is InChI=1S/C8H11N.C4H8O.CH2O2/c9-7-6-8-4-2-1-3-5-8;1-2-4-5-3-1;2-1-3/h1-5H,6-7,9H2;1-4H2;1H,(H,2,3). The fourth-order valence-electron chi connectivity index (χ4n) is 1.32. The summed E-state index contributed by atoms with van der Waals surface area (Å²) in [6.45, 7) is 2.49. The minimum absolute atomic E-state index is 0.250. The fourth-order valence-corrected chi connectivity index (χ4v) is 1.32. The quantitative estimate of drug-likeness (QED) is 0.770. The Morgan fingerprint density at radius 2 is 1.76 bits per heavy atom. The van der Waals surface area contributed by atoms with Crippen LogP contribution in [0.4, 0.5) is 0 Å². The van der Waals surface area contributed by atoms with Crippen LogP contribution in [0.15, 0.2) is 30.3 Å². The summed E-state index contributed by atoms with van der Waals surface area (Å²) in [6.07, 6.45) is 3.54. The van der Waals surface area contributed by atoms with E-state index in [2.05, 4.69) is 12.1 Å². The van der Waals surface area contributed by atoms with Crippen LogP contribution in [0.2, 0.25) is 0 Å². The number of carboxylic acid groups (broad SMARTS) is 1. The molecule has 1 saturated heterocycles. The third-order valence-corrected chi connectivity index (χ3v) is 2.10. The molecule has 0 unspecified atom stereocenters. The first-order chi connectivity index (χ1) is 8.35. The number of hydrogen-bond acceptors (Lipinski definition) is 3. The first kappa shape index (κ1) is 15.6. The van der Waals surface area contributed by atoms with E-state index in [1.54, 1.807) is 0 Å². The second-order valence-corrected chi connectivity index (χ2v) is 3.45. The molecule has 1 aliphatic heterocycles. The first-order valence-electron chi connectivity index (χ1n) is 5.74. The normalized spacial score (nSPS) is 12.8. The van der Waals surface area contributed by atoms with Crippen molar-refractivity contribution in [2.75, 3.05) is 19.8 Å². The lowest BCUT2D eigenvalue weighted by atomic mass is 10.2. The zero-order valence-corrected chi connectivity index (χ0v) is 10.0. The molecule has 3 N–H and O–H groups in total. The van der Waals surface area contributed by atoms with E-state index < -0.39 is 0 Å². The summed E-state index contributed by atoms with van der Waals surface area (Å²) in [5.74, 6) is 0. The van der Waals surface area contributed by atoms with Crippen LogP contribution in [0.5, 0.6) is 0 Å². The van der Waals surface area contributed by atoms with E-state index in [-0.39, 0.29) is 6.47 Å². The van der Waals surface area contributed by atoms with Gasteiger partial charge in [-0.05, 0) is 31.4 Å². The van der Waals surface area contributed by atoms with Gasteiger partial charge in [0.25, 0.3) is 6.47 Å². The first-order valence-corrected chi connectivity index (χ1v) is 5.74. The molecule has 0 aliphatic carbocycles. The van der Waals surface area contributed by atoms with Crippen LogP contribution in [-0.4, -0.2) is 31.3 Å². The van der Waals surface area contributed by atoms with Gasteiger partial charge in [0.05, 0.1) is 0 Å². The van der Waals surface area contributed by atoms with Gasteiger partial charge < -0.3 is 15.6 Å². The highest BCUT2D eigenvalue weighted by molar-refractivity contribution is 5.32. The maximum absolute atomic E-state index is 8.36. The maximum atomic E-state index is 8.36. The molecule has 1 aromatic carbocycles. The molecule has 1 aromatic rings. The van der Waals surface area contributed by atoms with Crippen molar-refractivity contribution in [2.24, 2.45) is 5.73 Å². The number of hydrogen-bond donors (Lipinski definition) is 2. The third kappa shape index (κ3) is 10.9. The van der Waals surface area contributed by atoms with E-state index in [1.807, 2.05) is 18.2 Å². The van der Waals surface area contributed by atoms with Crippen LogP contribution in [-0.2, 0) is 16.0 Å². The van der Waals surface area contributed by atoms with Crippen molar-refractivity contribution in [3.05, 3.63) is 35.9 Å². The van der Waals surface area contributed by atoms with Gasteiger partial charge in [0.15, 0.2) is 0 Å². The highest BCUT2D eigenvalue weighted by atomic mass is 16.5. The van der Waals surface area contributed by atoms with Crippen LogP contribution < -0.4 is 5.73 Å². The molecular formula is C13H21NO3. The van der Waals surface area contributed by atoms with Crippen LogP contribution in [0, 0.1) is 0 Å². The Balaban J connectivity index is 0.000000270. The average molecular weight is 239 g/mol. The van der Waals surface area contributed by atoms with Crippen molar-refractivity contribution in [1.29, 1.82) is 0 Å². The lowest BCUT2D eigenvalue weighted by Crippen LogP contribution is -2.01. The number of carbonyl (C=O) groups is 1. The molecule has 17 heavy (non-hydrogen) atoms. The van der Waals surface area contributed by atoms with Crippen LogP contribution in [0.1, 0.15) is 18.4 Å². The number of benzene rings is 1. The highest BCUT2D eigenvalue weighted by Gasteiger charge is 1.94. The smallest absolute Gasteiger partial charge is 0.290 e. The van der Waals surface area contributed by atoms with Crippen molar-refractivity contribution in [3.8, 4) is 0 Å². The zero-order chi connectivity index (χ0) is 12.8.